The third-order valence-corrected chi connectivity index (χ3v) is 3.84. The Hall–Kier alpha value is -3.15. The van der Waals surface area contributed by atoms with E-state index in [2.05, 4.69) is 5.32 Å². The van der Waals surface area contributed by atoms with Crippen LogP contribution in [-0.4, -0.2) is 36.9 Å². The molecule has 0 aliphatic carbocycles. The number of amides is 1. The highest BCUT2D eigenvalue weighted by molar-refractivity contribution is 5.92. The Morgan fingerprint density at radius 2 is 1.67 bits per heavy atom. The standard InChI is InChI=1S/C21H23NO5/c1-3-26-18-11-9-17(10-12-18)21(25)27-14-20(24)22-19(15(2)23)13-16-7-5-4-6-8-16/h4-12,19H,3,13-14H2,1-2H3,(H,22,24)/t19-/m0/s1. The molecule has 2 aromatic rings. The van der Waals surface area contributed by atoms with E-state index in [1.807, 2.05) is 37.3 Å². The predicted octanol–water partition coefficient (Wildman–Crippen LogP) is 2.56. The first-order chi connectivity index (χ1) is 13.0. The number of Topliss-reactive ketones (excluding diaryl/α,β-unsaturated/α-hetero) is 1. The van der Waals surface area contributed by atoms with Gasteiger partial charge < -0.3 is 14.8 Å². The molecule has 2 rings (SSSR count). The highest BCUT2D eigenvalue weighted by atomic mass is 16.5. The predicted molar refractivity (Wildman–Crippen MR) is 101 cm³/mol. The van der Waals surface area contributed by atoms with Gasteiger partial charge >= 0.3 is 5.97 Å². The molecule has 0 spiro atoms. The lowest BCUT2D eigenvalue weighted by Crippen LogP contribution is -2.43. The van der Waals surface area contributed by atoms with Crippen molar-refractivity contribution in [1.29, 1.82) is 0 Å². The highest BCUT2D eigenvalue weighted by Crippen LogP contribution is 2.12. The van der Waals surface area contributed by atoms with Gasteiger partial charge in [-0.3, -0.25) is 9.59 Å². The van der Waals surface area contributed by atoms with Gasteiger partial charge in [-0.15, -0.1) is 0 Å². The van der Waals surface area contributed by atoms with Crippen molar-refractivity contribution in [3.05, 3.63) is 65.7 Å². The number of rotatable bonds is 9. The Morgan fingerprint density at radius 1 is 1.00 bits per heavy atom. The number of hydrogen-bond acceptors (Lipinski definition) is 5. The average molecular weight is 369 g/mol. The molecule has 0 heterocycles. The van der Waals surface area contributed by atoms with Crippen molar-refractivity contribution in [3.8, 4) is 5.75 Å². The Morgan fingerprint density at radius 3 is 2.26 bits per heavy atom. The van der Waals surface area contributed by atoms with Crippen LogP contribution >= 0.6 is 0 Å². The summed E-state index contributed by atoms with van der Waals surface area (Å²) in [5.41, 5.74) is 1.25. The molecular weight excluding hydrogens is 346 g/mol. The lowest BCUT2D eigenvalue weighted by Gasteiger charge is -2.16. The van der Waals surface area contributed by atoms with Gasteiger partial charge in [-0.2, -0.15) is 0 Å². The normalized spacial score (nSPS) is 11.3. The number of carbonyl (C=O) groups is 3. The summed E-state index contributed by atoms with van der Waals surface area (Å²) in [5, 5.41) is 2.61. The fourth-order valence-corrected chi connectivity index (χ4v) is 2.45. The fraction of sp³-hybridized carbons (Fsp3) is 0.286. The molecule has 0 unspecified atom stereocenters. The molecular formula is C21H23NO5. The first-order valence-electron chi connectivity index (χ1n) is 8.73. The summed E-state index contributed by atoms with van der Waals surface area (Å²) in [6.45, 7) is 3.36. The Bertz CT molecular complexity index is 771. The topological polar surface area (TPSA) is 81.7 Å². The van der Waals surface area contributed by atoms with Gasteiger partial charge in [0.2, 0.25) is 0 Å². The summed E-state index contributed by atoms with van der Waals surface area (Å²) in [5.74, 6) is -0.650. The Balaban J connectivity index is 1.86. The molecule has 1 amide bonds. The summed E-state index contributed by atoms with van der Waals surface area (Å²) in [4.78, 5) is 35.9. The largest absolute Gasteiger partial charge is 0.494 e. The summed E-state index contributed by atoms with van der Waals surface area (Å²) >= 11 is 0. The molecule has 0 fully saturated rings. The molecule has 2 aromatic carbocycles. The van der Waals surface area contributed by atoms with E-state index in [0.717, 1.165) is 5.56 Å². The van der Waals surface area contributed by atoms with Crippen molar-refractivity contribution in [1.82, 2.24) is 5.32 Å². The zero-order valence-corrected chi connectivity index (χ0v) is 15.4. The second-order valence-electron chi connectivity index (χ2n) is 5.95. The maximum absolute atomic E-state index is 12.1. The Labute approximate surface area is 158 Å². The van der Waals surface area contributed by atoms with Crippen molar-refractivity contribution in [3.63, 3.8) is 0 Å². The molecule has 0 saturated heterocycles. The van der Waals surface area contributed by atoms with Crippen LogP contribution in [0.15, 0.2) is 54.6 Å². The monoisotopic (exact) mass is 369 g/mol. The molecule has 6 heteroatoms. The van der Waals surface area contributed by atoms with E-state index in [-0.39, 0.29) is 5.78 Å². The molecule has 142 valence electrons. The van der Waals surface area contributed by atoms with Crippen LogP contribution in [0.5, 0.6) is 5.75 Å². The molecule has 0 bridgehead atoms. The molecule has 0 radical (unpaired) electrons. The molecule has 1 atom stereocenters. The van der Waals surface area contributed by atoms with Gasteiger partial charge in [-0.05, 0) is 50.1 Å². The number of hydrogen-bond donors (Lipinski definition) is 1. The van der Waals surface area contributed by atoms with E-state index in [1.165, 1.54) is 6.92 Å². The molecule has 1 N–H and O–H groups in total. The fourth-order valence-electron chi connectivity index (χ4n) is 2.45. The van der Waals surface area contributed by atoms with E-state index in [9.17, 15) is 14.4 Å². The molecule has 27 heavy (non-hydrogen) atoms. The quantitative estimate of drug-likeness (QED) is 0.687. The second kappa shape index (κ2) is 10.1. The molecule has 0 saturated carbocycles. The van der Waals surface area contributed by atoms with Crippen LogP contribution in [0.1, 0.15) is 29.8 Å². The zero-order valence-electron chi connectivity index (χ0n) is 15.4. The molecule has 0 aliphatic heterocycles. The lowest BCUT2D eigenvalue weighted by molar-refractivity contribution is -0.128. The van der Waals surface area contributed by atoms with Crippen molar-refractivity contribution >= 4 is 17.7 Å². The van der Waals surface area contributed by atoms with Crippen molar-refractivity contribution in [2.24, 2.45) is 0 Å². The van der Waals surface area contributed by atoms with Crippen LogP contribution in [0.3, 0.4) is 0 Å². The minimum atomic E-state index is -0.663. The van der Waals surface area contributed by atoms with E-state index >= 15 is 0 Å². The van der Waals surface area contributed by atoms with Gasteiger partial charge in [0.05, 0.1) is 18.2 Å². The first kappa shape index (κ1) is 20.2. The van der Waals surface area contributed by atoms with Crippen LogP contribution < -0.4 is 10.1 Å². The van der Waals surface area contributed by atoms with Gasteiger partial charge in [0.25, 0.3) is 5.91 Å². The van der Waals surface area contributed by atoms with Crippen LogP contribution in [0, 0.1) is 0 Å². The number of carbonyl (C=O) groups excluding carboxylic acids is 3. The van der Waals surface area contributed by atoms with Crippen molar-refractivity contribution in [2.75, 3.05) is 13.2 Å². The lowest BCUT2D eigenvalue weighted by atomic mass is 10.0. The number of nitrogens with one attached hydrogen (secondary N) is 1. The smallest absolute Gasteiger partial charge is 0.338 e. The summed E-state index contributed by atoms with van der Waals surface area (Å²) in [6.07, 6.45) is 0.384. The van der Waals surface area contributed by atoms with Crippen LogP contribution in [-0.2, 0) is 20.7 Å². The molecule has 6 nitrogen and oxygen atoms in total. The van der Waals surface area contributed by atoms with E-state index in [1.54, 1.807) is 24.3 Å². The van der Waals surface area contributed by atoms with Crippen LogP contribution in [0.2, 0.25) is 0 Å². The first-order valence-corrected chi connectivity index (χ1v) is 8.73. The van der Waals surface area contributed by atoms with Crippen LogP contribution in [0.25, 0.3) is 0 Å². The number of benzene rings is 2. The Kier molecular flexibility index (Phi) is 7.55. The van der Waals surface area contributed by atoms with Gasteiger partial charge in [-0.25, -0.2) is 4.79 Å². The minimum Gasteiger partial charge on any atom is -0.494 e. The van der Waals surface area contributed by atoms with Gasteiger partial charge in [0.1, 0.15) is 5.75 Å². The SMILES string of the molecule is CCOc1ccc(C(=O)OCC(=O)N[C@@H](Cc2ccccc2)C(C)=O)cc1. The number of esters is 1. The summed E-state index contributed by atoms with van der Waals surface area (Å²) in [7, 11) is 0. The highest BCUT2D eigenvalue weighted by Gasteiger charge is 2.19. The average Bonchev–Trinajstić information content (AvgIpc) is 2.67. The minimum absolute atomic E-state index is 0.162. The van der Waals surface area contributed by atoms with Gasteiger partial charge in [0, 0.05) is 0 Å². The maximum atomic E-state index is 12.1. The van der Waals surface area contributed by atoms with Gasteiger partial charge in [0.15, 0.2) is 12.4 Å². The summed E-state index contributed by atoms with van der Waals surface area (Å²) in [6, 6.07) is 15.2. The zero-order chi connectivity index (χ0) is 19.6. The van der Waals surface area contributed by atoms with Gasteiger partial charge in [-0.1, -0.05) is 30.3 Å². The van der Waals surface area contributed by atoms with Crippen molar-refractivity contribution in [2.45, 2.75) is 26.3 Å². The van der Waals surface area contributed by atoms with E-state index in [4.69, 9.17) is 9.47 Å². The maximum Gasteiger partial charge on any atom is 0.338 e. The third-order valence-electron chi connectivity index (χ3n) is 3.84. The van der Waals surface area contributed by atoms with E-state index in [0.29, 0.717) is 24.3 Å². The summed E-state index contributed by atoms with van der Waals surface area (Å²) < 4.78 is 10.3. The van der Waals surface area contributed by atoms with Crippen LogP contribution in [0.4, 0.5) is 0 Å². The molecule has 0 aliphatic rings. The van der Waals surface area contributed by atoms with E-state index < -0.39 is 24.5 Å². The number of ketones is 1. The van der Waals surface area contributed by atoms with Crippen molar-refractivity contribution < 1.29 is 23.9 Å². The molecule has 0 aromatic heterocycles. The third kappa shape index (κ3) is 6.58. The second-order valence-corrected chi connectivity index (χ2v) is 5.95. The number of ether oxygens (including phenoxy) is 2.